The molecule has 0 fully saturated rings. The minimum Gasteiger partial charge on any atom is -0.0807 e. The van der Waals surface area contributed by atoms with Gasteiger partial charge in [0, 0.05) is 0 Å². The van der Waals surface area contributed by atoms with E-state index in [9.17, 15) is 0 Å². The molecule has 80 valence electrons. The Balaban J connectivity index is 2.16. The maximum atomic E-state index is 2.44. The van der Waals surface area contributed by atoms with Gasteiger partial charge < -0.3 is 0 Å². The first kappa shape index (κ1) is 10.5. The summed E-state index contributed by atoms with van der Waals surface area (Å²) in [6.07, 6.45) is 10.2. The lowest BCUT2D eigenvalue weighted by atomic mass is 9.99. The highest BCUT2D eigenvalue weighted by molar-refractivity contribution is 5.65. The summed E-state index contributed by atoms with van der Waals surface area (Å²) in [5.41, 5.74) is 4.44. The highest BCUT2D eigenvalue weighted by Gasteiger charge is 2.04. The lowest BCUT2D eigenvalue weighted by Gasteiger charge is -2.06. The molecule has 1 aromatic rings. The Morgan fingerprint density at radius 2 is 1.80 bits per heavy atom. The van der Waals surface area contributed by atoms with Crippen LogP contribution in [0, 0.1) is 0 Å². The molecule has 0 heterocycles. The molecular weight excluding hydrogens is 180 g/mol. The van der Waals surface area contributed by atoms with E-state index in [1.54, 1.807) is 5.57 Å². The molecule has 0 unspecified atom stereocenters. The molecular formula is C15H20. The summed E-state index contributed by atoms with van der Waals surface area (Å²) in [5.74, 6) is 0. The van der Waals surface area contributed by atoms with E-state index in [2.05, 4.69) is 37.3 Å². The van der Waals surface area contributed by atoms with Crippen LogP contribution in [0.2, 0.25) is 0 Å². The topological polar surface area (TPSA) is 0 Å². The Morgan fingerprint density at radius 1 is 1.00 bits per heavy atom. The SMILES string of the molecule is CCc1ccc(C2=CCCCCC2)cc1. The van der Waals surface area contributed by atoms with Crippen molar-refractivity contribution in [3.05, 3.63) is 41.5 Å². The van der Waals surface area contributed by atoms with E-state index in [0.29, 0.717) is 0 Å². The standard InChI is InChI=1S/C15H20/c1-2-13-9-11-15(12-10-13)14-7-5-3-4-6-8-14/h7,9-12H,2-6,8H2,1H3. The van der Waals surface area contributed by atoms with Crippen LogP contribution in [-0.4, -0.2) is 0 Å². The molecule has 1 aliphatic rings. The molecule has 0 bridgehead atoms. The summed E-state index contributed by atoms with van der Waals surface area (Å²) in [5, 5.41) is 0. The summed E-state index contributed by atoms with van der Waals surface area (Å²) in [4.78, 5) is 0. The summed E-state index contributed by atoms with van der Waals surface area (Å²) >= 11 is 0. The van der Waals surface area contributed by atoms with Crippen molar-refractivity contribution in [1.29, 1.82) is 0 Å². The van der Waals surface area contributed by atoms with Crippen molar-refractivity contribution in [3.8, 4) is 0 Å². The van der Waals surface area contributed by atoms with Crippen molar-refractivity contribution in [2.24, 2.45) is 0 Å². The van der Waals surface area contributed by atoms with Crippen LogP contribution in [0.5, 0.6) is 0 Å². The fourth-order valence-electron chi connectivity index (χ4n) is 2.23. The molecule has 0 radical (unpaired) electrons. The van der Waals surface area contributed by atoms with Gasteiger partial charge in [-0.1, -0.05) is 43.7 Å². The minimum atomic E-state index is 1.14. The van der Waals surface area contributed by atoms with E-state index < -0.39 is 0 Å². The molecule has 0 saturated heterocycles. The molecule has 2 rings (SSSR count). The van der Waals surface area contributed by atoms with Crippen molar-refractivity contribution in [3.63, 3.8) is 0 Å². The van der Waals surface area contributed by atoms with Crippen LogP contribution >= 0.6 is 0 Å². The van der Waals surface area contributed by atoms with Crippen LogP contribution in [0.1, 0.15) is 50.2 Å². The predicted molar refractivity (Wildman–Crippen MR) is 66.9 cm³/mol. The van der Waals surface area contributed by atoms with Crippen molar-refractivity contribution in [2.45, 2.75) is 45.4 Å². The van der Waals surface area contributed by atoms with Gasteiger partial charge in [-0.15, -0.1) is 0 Å². The number of rotatable bonds is 2. The average Bonchev–Trinajstić information content (AvgIpc) is 2.58. The quantitative estimate of drug-likeness (QED) is 0.654. The van der Waals surface area contributed by atoms with Crippen LogP contribution < -0.4 is 0 Å². The van der Waals surface area contributed by atoms with E-state index in [-0.39, 0.29) is 0 Å². The first-order valence-electron chi connectivity index (χ1n) is 6.18. The predicted octanol–water partition coefficient (Wildman–Crippen LogP) is 4.60. The third kappa shape index (κ3) is 2.71. The van der Waals surface area contributed by atoms with Crippen LogP contribution in [0.3, 0.4) is 0 Å². The Kier molecular flexibility index (Phi) is 3.60. The Bertz CT molecular complexity index is 330. The van der Waals surface area contributed by atoms with Gasteiger partial charge in [0.05, 0.1) is 0 Å². The molecule has 0 amide bonds. The van der Waals surface area contributed by atoms with Gasteiger partial charge in [-0.05, 0) is 48.8 Å². The van der Waals surface area contributed by atoms with Gasteiger partial charge in [-0.3, -0.25) is 0 Å². The molecule has 1 aliphatic carbocycles. The normalized spacial score (nSPS) is 17.0. The van der Waals surface area contributed by atoms with E-state index >= 15 is 0 Å². The summed E-state index contributed by atoms with van der Waals surface area (Å²) < 4.78 is 0. The molecule has 0 atom stereocenters. The zero-order valence-electron chi connectivity index (χ0n) is 9.63. The van der Waals surface area contributed by atoms with E-state index in [0.717, 1.165) is 6.42 Å². The highest BCUT2D eigenvalue weighted by Crippen LogP contribution is 2.26. The lowest BCUT2D eigenvalue weighted by molar-refractivity contribution is 0.720. The molecule has 0 heteroatoms. The van der Waals surface area contributed by atoms with Crippen molar-refractivity contribution in [1.82, 2.24) is 0 Å². The first-order valence-corrected chi connectivity index (χ1v) is 6.18. The third-order valence-corrected chi connectivity index (χ3v) is 3.27. The maximum absolute atomic E-state index is 2.44. The van der Waals surface area contributed by atoms with E-state index in [1.165, 1.54) is 43.2 Å². The lowest BCUT2D eigenvalue weighted by Crippen LogP contribution is -1.85. The molecule has 0 aliphatic heterocycles. The van der Waals surface area contributed by atoms with Crippen LogP contribution in [0.15, 0.2) is 30.3 Å². The minimum absolute atomic E-state index is 1.14. The second kappa shape index (κ2) is 5.16. The zero-order chi connectivity index (χ0) is 10.5. The second-order valence-corrected chi connectivity index (χ2v) is 4.38. The van der Waals surface area contributed by atoms with Crippen LogP contribution in [0.4, 0.5) is 0 Å². The van der Waals surface area contributed by atoms with Gasteiger partial charge in [0.15, 0.2) is 0 Å². The molecule has 15 heavy (non-hydrogen) atoms. The highest BCUT2D eigenvalue weighted by atomic mass is 14.1. The van der Waals surface area contributed by atoms with Gasteiger partial charge in [-0.2, -0.15) is 0 Å². The van der Waals surface area contributed by atoms with Crippen LogP contribution in [0.25, 0.3) is 5.57 Å². The molecule has 0 spiro atoms. The summed E-state index contributed by atoms with van der Waals surface area (Å²) in [6.45, 7) is 2.21. The fraction of sp³-hybridized carbons (Fsp3) is 0.467. The molecule has 1 aromatic carbocycles. The number of benzene rings is 1. The van der Waals surface area contributed by atoms with Gasteiger partial charge in [0.1, 0.15) is 0 Å². The Morgan fingerprint density at radius 3 is 2.53 bits per heavy atom. The number of hydrogen-bond donors (Lipinski definition) is 0. The molecule has 0 nitrogen and oxygen atoms in total. The Hall–Kier alpha value is -1.04. The van der Waals surface area contributed by atoms with Crippen LogP contribution in [-0.2, 0) is 6.42 Å². The summed E-state index contributed by atoms with van der Waals surface area (Å²) in [6, 6.07) is 9.11. The van der Waals surface area contributed by atoms with E-state index in [4.69, 9.17) is 0 Å². The first-order chi connectivity index (χ1) is 7.40. The zero-order valence-corrected chi connectivity index (χ0v) is 9.63. The number of allylic oxidation sites excluding steroid dienone is 2. The molecule has 0 aromatic heterocycles. The average molecular weight is 200 g/mol. The van der Waals surface area contributed by atoms with Gasteiger partial charge in [-0.25, -0.2) is 0 Å². The van der Waals surface area contributed by atoms with Gasteiger partial charge in [0.2, 0.25) is 0 Å². The largest absolute Gasteiger partial charge is 0.0807 e. The van der Waals surface area contributed by atoms with Crippen molar-refractivity contribution >= 4 is 5.57 Å². The van der Waals surface area contributed by atoms with E-state index in [1.807, 2.05) is 0 Å². The fourth-order valence-corrected chi connectivity index (χ4v) is 2.23. The monoisotopic (exact) mass is 200 g/mol. The second-order valence-electron chi connectivity index (χ2n) is 4.38. The number of aryl methyl sites for hydroxylation is 1. The maximum Gasteiger partial charge on any atom is -0.0228 e. The van der Waals surface area contributed by atoms with Crippen molar-refractivity contribution < 1.29 is 0 Å². The molecule has 0 N–H and O–H groups in total. The number of hydrogen-bond acceptors (Lipinski definition) is 0. The smallest absolute Gasteiger partial charge is 0.0228 e. The van der Waals surface area contributed by atoms with Gasteiger partial charge in [0.25, 0.3) is 0 Å². The van der Waals surface area contributed by atoms with Crippen molar-refractivity contribution in [2.75, 3.05) is 0 Å². The third-order valence-electron chi connectivity index (χ3n) is 3.27. The molecule has 0 saturated carbocycles. The van der Waals surface area contributed by atoms with Gasteiger partial charge >= 0.3 is 0 Å². The summed E-state index contributed by atoms with van der Waals surface area (Å²) in [7, 11) is 0. The Labute approximate surface area is 93.0 Å².